The van der Waals surface area contributed by atoms with Crippen LogP contribution in [0.3, 0.4) is 0 Å². The van der Waals surface area contributed by atoms with Crippen LogP contribution in [0.5, 0.6) is 5.75 Å². The topological polar surface area (TPSA) is 42.1 Å². The van der Waals surface area contributed by atoms with Gasteiger partial charge < -0.3 is 9.72 Å². The van der Waals surface area contributed by atoms with Crippen LogP contribution in [0.25, 0.3) is 10.9 Å². The summed E-state index contributed by atoms with van der Waals surface area (Å²) < 4.78 is 5.20. The molecule has 0 atom stereocenters. The Labute approximate surface area is 88.5 Å². The summed E-state index contributed by atoms with van der Waals surface area (Å²) in [5.74, 6) is 0.671. The van der Waals surface area contributed by atoms with E-state index in [2.05, 4.69) is 4.98 Å². The molecule has 2 rings (SSSR count). The van der Waals surface area contributed by atoms with E-state index in [1.807, 2.05) is 0 Å². The van der Waals surface area contributed by atoms with Crippen molar-refractivity contribution < 1.29 is 4.74 Å². The lowest BCUT2D eigenvalue weighted by molar-refractivity contribution is 0.420. The van der Waals surface area contributed by atoms with Gasteiger partial charge in [-0.25, -0.2) is 0 Å². The summed E-state index contributed by atoms with van der Waals surface area (Å²) in [5.41, 5.74) is 1.82. The van der Waals surface area contributed by atoms with Crippen LogP contribution in [0, 0.1) is 6.92 Å². The molecule has 0 aliphatic carbocycles. The summed E-state index contributed by atoms with van der Waals surface area (Å²) in [4.78, 5) is 14.2. The summed E-state index contributed by atoms with van der Waals surface area (Å²) in [7, 11) is 7.26. The molecule has 4 heteroatoms. The Morgan fingerprint density at radius 1 is 1.33 bits per heavy atom. The second-order valence-electron chi connectivity index (χ2n) is 3.47. The van der Waals surface area contributed by atoms with E-state index in [0.717, 1.165) is 5.39 Å². The number of hydrogen-bond donors (Lipinski definition) is 1. The Kier molecular flexibility index (Phi) is 2.27. The van der Waals surface area contributed by atoms with Crippen LogP contribution in [-0.4, -0.2) is 19.9 Å². The highest BCUT2D eigenvalue weighted by molar-refractivity contribution is 6.33. The molecular weight excluding hydrogens is 189 g/mol. The fourth-order valence-corrected chi connectivity index (χ4v) is 1.57. The minimum Gasteiger partial charge on any atom is -0.496 e. The van der Waals surface area contributed by atoms with E-state index in [1.165, 1.54) is 0 Å². The van der Waals surface area contributed by atoms with Crippen molar-refractivity contribution in [2.24, 2.45) is 0 Å². The van der Waals surface area contributed by atoms with E-state index >= 15 is 0 Å². The zero-order valence-electron chi connectivity index (χ0n) is 8.63. The van der Waals surface area contributed by atoms with Gasteiger partial charge in [0.25, 0.3) is 5.56 Å². The predicted molar refractivity (Wildman–Crippen MR) is 61.2 cm³/mol. The molecule has 0 saturated heterocycles. The Morgan fingerprint density at radius 3 is 2.73 bits per heavy atom. The van der Waals surface area contributed by atoms with Crippen LogP contribution in [0.1, 0.15) is 5.56 Å². The number of aromatic amines is 1. The third-order valence-corrected chi connectivity index (χ3v) is 2.35. The van der Waals surface area contributed by atoms with Gasteiger partial charge in [0, 0.05) is 10.9 Å². The lowest BCUT2D eigenvalue weighted by atomic mass is 9.94. The molecule has 0 bridgehead atoms. The minimum atomic E-state index is -0.102. The van der Waals surface area contributed by atoms with Crippen LogP contribution < -0.4 is 15.8 Å². The van der Waals surface area contributed by atoms with E-state index in [9.17, 15) is 4.79 Å². The highest BCUT2D eigenvalue weighted by Crippen LogP contribution is 2.21. The van der Waals surface area contributed by atoms with Crippen molar-refractivity contribution in [3.8, 4) is 5.75 Å². The Morgan fingerprint density at radius 2 is 2.07 bits per heavy atom. The summed E-state index contributed by atoms with van der Waals surface area (Å²) in [5, 5.41) is 0.865. The van der Waals surface area contributed by atoms with E-state index < -0.39 is 0 Å². The van der Waals surface area contributed by atoms with Gasteiger partial charge in [-0.3, -0.25) is 4.79 Å². The smallest absolute Gasteiger partial charge is 0.251 e. The molecule has 15 heavy (non-hydrogen) atoms. The molecule has 1 aromatic carbocycles. The van der Waals surface area contributed by atoms with Gasteiger partial charge in [-0.05, 0) is 25.1 Å². The largest absolute Gasteiger partial charge is 0.496 e. The molecule has 0 amide bonds. The van der Waals surface area contributed by atoms with Gasteiger partial charge in [-0.15, -0.1) is 0 Å². The zero-order chi connectivity index (χ0) is 11.0. The standard InChI is InChI=1S/C11H10BNO2/c1-6-3-8-9(13-11(6)14)4-7(12)5-10(8)15-2/h3-5H,1-2H3,(H,13,14). The van der Waals surface area contributed by atoms with E-state index in [0.29, 0.717) is 22.3 Å². The number of methoxy groups -OCH3 is 1. The fraction of sp³-hybridized carbons (Fsp3) is 0.182. The van der Waals surface area contributed by atoms with Crippen molar-refractivity contribution in [1.29, 1.82) is 0 Å². The van der Waals surface area contributed by atoms with Crippen molar-refractivity contribution in [2.45, 2.75) is 6.92 Å². The summed E-state index contributed by atoms with van der Waals surface area (Å²) in [6, 6.07) is 5.26. The molecule has 0 aliphatic heterocycles. The number of H-pyrrole nitrogens is 1. The Bertz CT molecular complexity index is 575. The average Bonchev–Trinajstić information content (AvgIpc) is 2.19. The van der Waals surface area contributed by atoms with Gasteiger partial charge >= 0.3 is 0 Å². The summed E-state index contributed by atoms with van der Waals surface area (Å²) >= 11 is 0. The maximum atomic E-state index is 11.4. The second-order valence-corrected chi connectivity index (χ2v) is 3.47. The van der Waals surface area contributed by atoms with Crippen molar-refractivity contribution in [3.63, 3.8) is 0 Å². The van der Waals surface area contributed by atoms with Crippen molar-refractivity contribution >= 4 is 24.2 Å². The molecule has 0 aliphatic rings. The number of pyridine rings is 1. The minimum absolute atomic E-state index is 0.102. The lowest BCUT2D eigenvalue weighted by Gasteiger charge is -2.07. The maximum absolute atomic E-state index is 11.4. The van der Waals surface area contributed by atoms with Gasteiger partial charge in [0.15, 0.2) is 0 Å². The predicted octanol–water partition coefficient (Wildman–Crippen LogP) is 0.639. The molecule has 0 spiro atoms. The van der Waals surface area contributed by atoms with E-state index in [4.69, 9.17) is 12.6 Å². The third-order valence-electron chi connectivity index (χ3n) is 2.35. The van der Waals surface area contributed by atoms with Crippen LogP contribution >= 0.6 is 0 Å². The number of hydrogen-bond acceptors (Lipinski definition) is 2. The number of ether oxygens (including phenoxy) is 1. The number of fused-ring (bicyclic) bond motifs is 1. The normalized spacial score (nSPS) is 10.5. The molecular formula is C11H10BNO2. The molecule has 1 heterocycles. The number of benzene rings is 1. The van der Waals surface area contributed by atoms with Gasteiger partial charge in [-0.2, -0.15) is 0 Å². The fourth-order valence-electron chi connectivity index (χ4n) is 1.57. The number of nitrogens with one attached hydrogen (secondary N) is 1. The van der Waals surface area contributed by atoms with E-state index in [1.54, 1.807) is 32.2 Å². The number of aryl methyl sites for hydroxylation is 1. The van der Waals surface area contributed by atoms with Gasteiger partial charge in [0.1, 0.15) is 13.6 Å². The lowest BCUT2D eigenvalue weighted by Crippen LogP contribution is -2.11. The maximum Gasteiger partial charge on any atom is 0.251 e. The Balaban J connectivity index is 2.90. The van der Waals surface area contributed by atoms with Crippen molar-refractivity contribution in [1.82, 2.24) is 4.98 Å². The molecule has 3 nitrogen and oxygen atoms in total. The van der Waals surface area contributed by atoms with Crippen LogP contribution in [0.2, 0.25) is 0 Å². The van der Waals surface area contributed by atoms with E-state index in [-0.39, 0.29) is 5.56 Å². The molecule has 1 N–H and O–H groups in total. The molecule has 0 unspecified atom stereocenters. The van der Waals surface area contributed by atoms with Crippen LogP contribution in [0.15, 0.2) is 23.0 Å². The zero-order valence-corrected chi connectivity index (χ0v) is 8.63. The van der Waals surface area contributed by atoms with Crippen molar-refractivity contribution in [3.05, 3.63) is 34.1 Å². The number of aromatic nitrogens is 1. The van der Waals surface area contributed by atoms with Crippen LogP contribution in [0.4, 0.5) is 0 Å². The SMILES string of the molecule is [B]c1cc(OC)c2cc(C)c(=O)[nH]c2c1. The summed E-state index contributed by atoms with van der Waals surface area (Å²) in [6.45, 7) is 1.76. The molecule has 2 aromatic rings. The molecule has 1 aromatic heterocycles. The first-order chi connectivity index (χ1) is 7.11. The Hall–Kier alpha value is -1.71. The quantitative estimate of drug-likeness (QED) is 0.684. The van der Waals surface area contributed by atoms with Gasteiger partial charge in [-0.1, -0.05) is 5.46 Å². The first-order valence-corrected chi connectivity index (χ1v) is 4.59. The highest BCUT2D eigenvalue weighted by atomic mass is 16.5. The molecule has 0 saturated carbocycles. The molecule has 0 fully saturated rings. The first kappa shape index (κ1) is 9.83. The van der Waals surface area contributed by atoms with Crippen molar-refractivity contribution in [2.75, 3.05) is 7.11 Å². The second kappa shape index (κ2) is 3.46. The van der Waals surface area contributed by atoms with Gasteiger partial charge in [0.2, 0.25) is 0 Å². The monoisotopic (exact) mass is 199 g/mol. The molecule has 2 radical (unpaired) electrons. The third kappa shape index (κ3) is 1.63. The average molecular weight is 199 g/mol. The first-order valence-electron chi connectivity index (χ1n) is 4.59. The number of rotatable bonds is 1. The highest BCUT2D eigenvalue weighted by Gasteiger charge is 2.05. The summed E-state index contributed by atoms with van der Waals surface area (Å²) in [6.07, 6.45) is 0. The molecule has 74 valence electrons. The van der Waals surface area contributed by atoms with Crippen LogP contribution in [-0.2, 0) is 0 Å². The van der Waals surface area contributed by atoms with Gasteiger partial charge in [0.05, 0.1) is 12.6 Å².